The maximum Gasteiger partial charge on any atom is 0.290 e. The van der Waals surface area contributed by atoms with Crippen LogP contribution in [0.25, 0.3) is 33.5 Å². The highest BCUT2D eigenvalue weighted by molar-refractivity contribution is 5.81. The second kappa shape index (κ2) is 9.94. The molecule has 11 nitrogen and oxygen atoms in total. The summed E-state index contributed by atoms with van der Waals surface area (Å²) in [6, 6.07) is 16.1. The van der Waals surface area contributed by atoms with E-state index in [0.29, 0.717) is 29.8 Å². The van der Waals surface area contributed by atoms with Crippen molar-refractivity contribution in [1.82, 2.24) is 40.4 Å². The van der Waals surface area contributed by atoms with Crippen LogP contribution in [-0.2, 0) is 17.7 Å². The Bertz CT molecular complexity index is 1560. The third-order valence-electron chi connectivity index (χ3n) is 5.84. The number of H-pyrrole nitrogens is 2. The van der Waals surface area contributed by atoms with Gasteiger partial charge in [-0.3, -0.25) is 4.79 Å². The summed E-state index contributed by atoms with van der Waals surface area (Å²) < 4.78 is 12.5. The zero-order chi connectivity index (χ0) is 26.0. The molecule has 0 unspecified atom stereocenters. The third-order valence-corrected chi connectivity index (χ3v) is 5.84. The fourth-order valence-corrected chi connectivity index (χ4v) is 4.26. The first kappa shape index (κ1) is 24.3. The van der Waals surface area contributed by atoms with Crippen molar-refractivity contribution in [2.75, 3.05) is 13.9 Å². The second-order valence-corrected chi connectivity index (χ2v) is 9.94. The number of aromatic amines is 2. The van der Waals surface area contributed by atoms with Gasteiger partial charge in [-0.15, -0.1) is 15.3 Å². The van der Waals surface area contributed by atoms with Crippen LogP contribution < -0.4 is 10.3 Å². The van der Waals surface area contributed by atoms with Crippen molar-refractivity contribution < 1.29 is 9.47 Å². The summed E-state index contributed by atoms with van der Waals surface area (Å²) in [4.78, 5) is 17.7. The van der Waals surface area contributed by atoms with E-state index in [4.69, 9.17) is 14.5 Å². The number of nitrogens with one attached hydrogen (secondary N) is 2. The van der Waals surface area contributed by atoms with Crippen molar-refractivity contribution >= 4 is 11.0 Å². The lowest BCUT2D eigenvalue weighted by Crippen LogP contribution is -2.18. The van der Waals surface area contributed by atoms with Crippen LogP contribution in [0.2, 0.25) is 0 Å². The highest BCUT2D eigenvalue weighted by atomic mass is 16.7. The Morgan fingerprint density at radius 2 is 1.76 bits per heavy atom. The average molecular weight is 501 g/mol. The van der Waals surface area contributed by atoms with E-state index in [1.807, 2.05) is 41.0 Å². The standard InChI is InChI=1S/C26H28N8O3/c1-26(2,3)13-20-27-21-22(24(35)30-31-25(21)37-15-36-4)34(20)14-16-9-11-17(12-10-16)18-7-5-6-8-19(18)23-28-32-33-29-23/h5-12H,13-15H2,1-4H3,(H,30,35)(H,28,29,32,33). The molecule has 3 aromatic heterocycles. The maximum absolute atomic E-state index is 12.9. The van der Waals surface area contributed by atoms with Crippen molar-refractivity contribution in [2.24, 2.45) is 5.41 Å². The number of tetrazole rings is 1. The Hall–Kier alpha value is -4.38. The first-order valence-electron chi connectivity index (χ1n) is 11.9. The molecule has 0 aliphatic carbocycles. The van der Waals surface area contributed by atoms with Gasteiger partial charge in [-0.25, -0.2) is 10.1 Å². The summed E-state index contributed by atoms with van der Waals surface area (Å²) in [5.74, 6) is 1.56. The number of fused-ring (bicyclic) bond motifs is 1. The van der Waals surface area contributed by atoms with Gasteiger partial charge in [0.25, 0.3) is 11.4 Å². The Labute approximate surface area is 212 Å². The van der Waals surface area contributed by atoms with Crippen LogP contribution in [0.4, 0.5) is 0 Å². The summed E-state index contributed by atoms with van der Waals surface area (Å²) >= 11 is 0. The molecule has 37 heavy (non-hydrogen) atoms. The Kier molecular flexibility index (Phi) is 6.53. The molecule has 0 saturated heterocycles. The minimum Gasteiger partial charge on any atom is -0.448 e. The summed E-state index contributed by atoms with van der Waals surface area (Å²) in [6.45, 7) is 6.88. The van der Waals surface area contributed by atoms with E-state index in [0.717, 1.165) is 28.1 Å². The van der Waals surface area contributed by atoms with Crippen molar-refractivity contribution in [2.45, 2.75) is 33.7 Å². The number of rotatable bonds is 8. The molecule has 3 heterocycles. The molecule has 0 saturated carbocycles. The zero-order valence-corrected chi connectivity index (χ0v) is 21.1. The van der Waals surface area contributed by atoms with Crippen LogP contribution >= 0.6 is 0 Å². The number of aromatic nitrogens is 8. The van der Waals surface area contributed by atoms with Gasteiger partial charge in [0.1, 0.15) is 11.3 Å². The zero-order valence-electron chi connectivity index (χ0n) is 21.1. The lowest BCUT2D eigenvalue weighted by molar-refractivity contribution is 0.0482. The van der Waals surface area contributed by atoms with Gasteiger partial charge in [-0.05, 0) is 27.3 Å². The number of hydrogen-bond donors (Lipinski definition) is 2. The largest absolute Gasteiger partial charge is 0.448 e. The Morgan fingerprint density at radius 1 is 1.00 bits per heavy atom. The number of benzene rings is 2. The van der Waals surface area contributed by atoms with Gasteiger partial charge in [0.15, 0.2) is 12.3 Å². The lowest BCUT2D eigenvalue weighted by Gasteiger charge is -2.19. The van der Waals surface area contributed by atoms with E-state index in [2.05, 4.69) is 63.7 Å². The predicted octanol–water partition coefficient (Wildman–Crippen LogP) is 3.59. The molecule has 0 atom stereocenters. The number of imidazole rings is 1. The molecule has 190 valence electrons. The predicted molar refractivity (Wildman–Crippen MR) is 138 cm³/mol. The lowest BCUT2D eigenvalue weighted by atomic mass is 9.92. The molecule has 11 heteroatoms. The molecule has 0 bridgehead atoms. The Morgan fingerprint density at radius 3 is 2.43 bits per heavy atom. The van der Waals surface area contributed by atoms with Crippen LogP contribution in [0.1, 0.15) is 32.2 Å². The number of methoxy groups -OCH3 is 1. The van der Waals surface area contributed by atoms with Crippen molar-refractivity contribution in [1.29, 1.82) is 0 Å². The van der Waals surface area contributed by atoms with Crippen LogP contribution in [-0.4, -0.2) is 54.3 Å². The van der Waals surface area contributed by atoms with Crippen LogP contribution in [0.15, 0.2) is 53.3 Å². The molecule has 0 aliphatic rings. The van der Waals surface area contributed by atoms with Crippen LogP contribution in [0.5, 0.6) is 5.88 Å². The van der Waals surface area contributed by atoms with E-state index < -0.39 is 0 Å². The summed E-state index contributed by atoms with van der Waals surface area (Å²) in [5, 5.41) is 21.0. The van der Waals surface area contributed by atoms with Gasteiger partial charge in [0, 0.05) is 25.6 Å². The van der Waals surface area contributed by atoms with Gasteiger partial charge in [0.05, 0.1) is 0 Å². The monoisotopic (exact) mass is 500 g/mol. The van der Waals surface area contributed by atoms with E-state index in [-0.39, 0.29) is 23.6 Å². The molecule has 2 N–H and O–H groups in total. The van der Waals surface area contributed by atoms with Crippen molar-refractivity contribution in [3.63, 3.8) is 0 Å². The van der Waals surface area contributed by atoms with E-state index in [9.17, 15) is 4.79 Å². The molecule has 5 rings (SSSR count). The SMILES string of the molecule is COCOc1n[nH]c(=O)c2c1nc(CC(C)(C)C)n2Cc1ccc(-c2ccccc2-c2nn[nH]n2)cc1. The van der Waals surface area contributed by atoms with Gasteiger partial charge < -0.3 is 14.0 Å². The second-order valence-electron chi connectivity index (χ2n) is 9.94. The molecule has 0 amide bonds. The van der Waals surface area contributed by atoms with Crippen molar-refractivity contribution in [3.05, 3.63) is 70.3 Å². The fourth-order valence-electron chi connectivity index (χ4n) is 4.26. The van der Waals surface area contributed by atoms with E-state index in [1.165, 1.54) is 7.11 Å². The molecule has 0 spiro atoms. The minimum absolute atomic E-state index is 0.00238. The molecule has 2 aromatic carbocycles. The molecular weight excluding hydrogens is 472 g/mol. The Balaban J connectivity index is 1.53. The first-order chi connectivity index (χ1) is 17.8. The third kappa shape index (κ3) is 5.12. The maximum atomic E-state index is 12.9. The smallest absolute Gasteiger partial charge is 0.290 e. The van der Waals surface area contributed by atoms with Gasteiger partial charge >= 0.3 is 0 Å². The molecule has 0 fully saturated rings. The highest BCUT2D eigenvalue weighted by Crippen LogP contribution is 2.31. The molecular formula is C26H28N8O3. The van der Waals surface area contributed by atoms with Crippen LogP contribution in [0.3, 0.4) is 0 Å². The van der Waals surface area contributed by atoms with Crippen molar-refractivity contribution in [3.8, 4) is 28.4 Å². The minimum atomic E-state index is -0.321. The average Bonchev–Trinajstić information content (AvgIpc) is 3.53. The summed E-state index contributed by atoms with van der Waals surface area (Å²) in [6.07, 6.45) is 0.668. The summed E-state index contributed by atoms with van der Waals surface area (Å²) in [5.41, 5.74) is 4.41. The summed E-state index contributed by atoms with van der Waals surface area (Å²) in [7, 11) is 1.52. The molecule has 0 radical (unpaired) electrons. The fraction of sp³-hybridized carbons (Fsp3) is 0.308. The van der Waals surface area contributed by atoms with E-state index in [1.54, 1.807) is 0 Å². The van der Waals surface area contributed by atoms with E-state index >= 15 is 0 Å². The first-order valence-corrected chi connectivity index (χ1v) is 11.9. The molecule has 0 aliphatic heterocycles. The molecule has 5 aromatic rings. The highest BCUT2D eigenvalue weighted by Gasteiger charge is 2.23. The topological polar surface area (TPSA) is 136 Å². The van der Waals surface area contributed by atoms with Crippen LogP contribution in [0, 0.1) is 5.41 Å². The normalized spacial score (nSPS) is 11.8. The number of hydrogen-bond acceptors (Lipinski definition) is 8. The van der Waals surface area contributed by atoms with Gasteiger partial charge in [-0.2, -0.15) is 5.21 Å². The quantitative estimate of drug-likeness (QED) is 0.309. The van der Waals surface area contributed by atoms with Gasteiger partial charge in [0.2, 0.25) is 5.82 Å². The number of nitrogens with zero attached hydrogens (tertiary/aromatic N) is 6. The van der Waals surface area contributed by atoms with Gasteiger partial charge in [-0.1, -0.05) is 69.3 Å². The number of ether oxygens (including phenoxy) is 2.